The van der Waals surface area contributed by atoms with Crippen molar-refractivity contribution >= 4 is 51.4 Å². The van der Waals surface area contributed by atoms with Crippen LogP contribution in [0, 0.1) is 0 Å². The number of amides is 2. The fourth-order valence-electron chi connectivity index (χ4n) is 3.17. The number of hydrogen-bond acceptors (Lipinski definition) is 5. The van der Waals surface area contributed by atoms with Crippen LogP contribution in [0.3, 0.4) is 0 Å². The van der Waals surface area contributed by atoms with Crippen molar-refractivity contribution < 1.29 is 14.0 Å². The van der Waals surface area contributed by atoms with Crippen LogP contribution in [0.4, 0.5) is 21.9 Å². The van der Waals surface area contributed by atoms with Gasteiger partial charge in [-0.3, -0.25) is 9.69 Å². The molecule has 27 heavy (non-hydrogen) atoms. The quantitative estimate of drug-likeness (QED) is 0.532. The Bertz CT molecular complexity index is 1090. The van der Waals surface area contributed by atoms with Gasteiger partial charge in [-0.25, -0.2) is 4.79 Å². The average molecular weight is 385 g/mol. The first-order valence-corrected chi connectivity index (χ1v) is 8.69. The van der Waals surface area contributed by atoms with Gasteiger partial charge in [0, 0.05) is 48.5 Å². The summed E-state index contributed by atoms with van der Waals surface area (Å²) < 4.78 is 5.75. The normalized spacial score (nSPS) is 14.4. The maximum Gasteiger partial charge on any atom is 0.324 e. The van der Waals surface area contributed by atoms with Crippen LogP contribution in [0.2, 0.25) is 5.02 Å². The molecule has 0 bridgehead atoms. The van der Waals surface area contributed by atoms with Crippen LogP contribution in [0.15, 0.2) is 40.8 Å². The van der Waals surface area contributed by atoms with E-state index in [-0.39, 0.29) is 28.1 Å². The molecule has 0 atom stereocenters. The van der Waals surface area contributed by atoms with Gasteiger partial charge >= 0.3 is 6.03 Å². The molecule has 1 aliphatic rings. The summed E-state index contributed by atoms with van der Waals surface area (Å²) in [6, 6.07) is 9.79. The van der Waals surface area contributed by atoms with E-state index in [4.69, 9.17) is 27.5 Å². The number of rotatable bonds is 3. The number of carbonyl (C=O) groups is 2. The SMILES string of the molecule is CN1CCN(c2ccc3c(N)c(C(=O)c4ccc(N)cc4Cl)oc3c2)C1=O. The van der Waals surface area contributed by atoms with Crippen LogP contribution >= 0.6 is 11.6 Å². The van der Waals surface area contributed by atoms with E-state index in [0.29, 0.717) is 35.4 Å². The Morgan fingerprint density at radius 1 is 1.15 bits per heavy atom. The Kier molecular flexibility index (Phi) is 3.96. The molecule has 0 unspecified atom stereocenters. The maximum atomic E-state index is 12.8. The minimum absolute atomic E-state index is 0.0127. The predicted molar refractivity (Wildman–Crippen MR) is 105 cm³/mol. The number of nitrogens with zero attached hydrogens (tertiary/aromatic N) is 2. The Balaban J connectivity index is 1.75. The van der Waals surface area contributed by atoms with Gasteiger partial charge in [0.1, 0.15) is 5.58 Å². The van der Waals surface area contributed by atoms with E-state index in [2.05, 4.69) is 0 Å². The van der Waals surface area contributed by atoms with Crippen LogP contribution in [0.5, 0.6) is 0 Å². The lowest BCUT2D eigenvalue weighted by atomic mass is 10.1. The second kappa shape index (κ2) is 6.21. The number of benzene rings is 2. The molecule has 1 fully saturated rings. The largest absolute Gasteiger partial charge is 0.450 e. The van der Waals surface area contributed by atoms with E-state index < -0.39 is 5.78 Å². The van der Waals surface area contributed by atoms with Crippen molar-refractivity contribution in [2.24, 2.45) is 0 Å². The number of ketones is 1. The zero-order chi connectivity index (χ0) is 19.3. The van der Waals surface area contributed by atoms with Crippen LogP contribution in [-0.4, -0.2) is 36.9 Å². The molecule has 138 valence electrons. The molecule has 0 saturated carbocycles. The second-order valence-electron chi connectivity index (χ2n) is 6.45. The summed E-state index contributed by atoms with van der Waals surface area (Å²) in [6.07, 6.45) is 0. The van der Waals surface area contributed by atoms with Gasteiger partial charge in [-0.2, -0.15) is 0 Å². The summed E-state index contributed by atoms with van der Waals surface area (Å²) in [4.78, 5) is 28.3. The minimum atomic E-state index is -0.424. The molecule has 2 amide bonds. The summed E-state index contributed by atoms with van der Waals surface area (Å²) in [5.74, 6) is -0.411. The highest BCUT2D eigenvalue weighted by molar-refractivity contribution is 6.35. The number of likely N-dealkylation sites (N-methyl/N-ethyl adjacent to an activating group) is 1. The fraction of sp³-hybridized carbons (Fsp3) is 0.158. The Morgan fingerprint density at radius 2 is 1.93 bits per heavy atom. The molecule has 4 N–H and O–H groups in total. The van der Waals surface area contributed by atoms with Gasteiger partial charge in [-0.05, 0) is 30.3 Å². The van der Waals surface area contributed by atoms with Crippen molar-refractivity contribution in [1.29, 1.82) is 0 Å². The number of halogens is 1. The van der Waals surface area contributed by atoms with E-state index in [0.717, 1.165) is 0 Å². The average Bonchev–Trinajstić information content (AvgIpc) is 3.14. The van der Waals surface area contributed by atoms with E-state index in [1.165, 1.54) is 12.1 Å². The van der Waals surface area contributed by atoms with Crippen molar-refractivity contribution in [3.8, 4) is 0 Å². The number of anilines is 3. The van der Waals surface area contributed by atoms with E-state index >= 15 is 0 Å². The van der Waals surface area contributed by atoms with Crippen molar-refractivity contribution in [3.63, 3.8) is 0 Å². The van der Waals surface area contributed by atoms with Crippen molar-refractivity contribution in [2.45, 2.75) is 0 Å². The van der Waals surface area contributed by atoms with Gasteiger partial charge in [-0.15, -0.1) is 0 Å². The zero-order valence-corrected chi connectivity index (χ0v) is 15.3. The van der Waals surface area contributed by atoms with Gasteiger partial charge in [-0.1, -0.05) is 11.6 Å². The topological polar surface area (TPSA) is 106 Å². The molecule has 1 aromatic heterocycles. The Morgan fingerprint density at radius 3 is 2.59 bits per heavy atom. The first-order chi connectivity index (χ1) is 12.9. The number of nitrogen functional groups attached to an aromatic ring is 2. The number of urea groups is 1. The van der Waals surface area contributed by atoms with E-state index in [9.17, 15) is 9.59 Å². The number of furan rings is 1. The molecule has 8 heteroatoms. The molecule has 1 saturated heterocycles. The van der Waals surface area contributed by atoms with E-state index in [1.54, 1.807) is 41.1 Å². The summed E-state index contributed by atoms with van der Waals surface area (Å²) in [5, 5.41) is 0.833. The molecule has 3 aromatic rings. The Hall–Kier alpha value is -3.19. The van der Waals surface area contributed by atoms with E-state index in [1.807, 2.05) is 0 Å². The molecule has 4 rings (SSSR count). The van der Waals surface area contributed by atoms with Crippen LogP contribution in [-0.2, 0) is 0 Å². The molecule has 0 spiro atoms. The van der Waals surface area contributed by atoms with Crippen molar-refractivity contribution in [1.82, 2.24) is 4.90 Å². The highest BCUT2D eigenvalue weighted by atomic mass is 35.5. The monoisotopic (exact) mass is 384 g/mol. The zero-order valence-electron chi connectivity index (χ0n) is 14.5. The van der Waals surface area contributed by atoms with Gasteiger partial charge < -0.3 is 20.8 Å². The highest BCUT2D eigenvalue weighted by Crippen LogP contribution is 2.34. The molecular formula is C19H17ClN4O3. The number of fused-ring (bicyclic) bond motifs is 1. The third-order valence-electron chi connectivity index (χ3n) is 4.68. The second-order valence-corrected chi connectivity index (χ2v) is 6.86. The van der Waals surface area contributed by atoms with Crippen LogP contribution in [0.25, 0.3) is 11.0 Å². The maximum absolute atomic E-state index is 12.8. The number of nitrogens with two attached hydrogens (primary N) is 2. The minimum Gasteiger partial charge on any atom is -0.450 e. The summed E-state index contributed by atoms with van der Waals surface area (Å²) >= 11 is 6.13. The fourth-order valence-corrected chi connectivity index (χ4v) is 3.44. The molecule has 2 heterocycles. The smallest absolute Gasteiger partial charge is 0.324 e. The highest BCUT2D eigenvalue weighted by Gasteiger charge is 2.28. The number of carbonyl (C=O) groups excluding carboxylic acids is 2. The molecule has 1 aliphatic heterocycles. The lowest BCUT2D eigenvalue weighted by Gasteiger charge is -2.15. The van der Waals surface area contributed by atoms with Crippen LogP contribution < -0.4 is 16.4 Å². The summed E-state index contributed by atoms with van der Waals surface area (Å²) in [7, 11) is 1.75. The van der Waals surface area contributed by atoms with Gasteiger partial charge in [0.15, 0.2) is 5.76 Å². The molecule has 0 radical (unpaired) electrons. The lowest BCUT2D eigenvalue weighted by Crippen LogP contribution is -2.29. The molecular weight excluding hydrogens is 368 g/mol. The first-order valence-electron chi connectivity index (χ1n) is 8.31. The third-order valence-corrected chi connectivity index (χ3v) is 5.00. The van der Waals surface area contributed by atoms with Gasteiger partial charge in [0.05, 0.1) is 10.7 Å². The molecule has 0 aliphatic carbocycles. The van der Waals surface area contributed by atoms with Crippen molar-refractivity contribution in [2.75, 3.05) is 36.5 Å². The third kappa shape index (κ3) is 2.76. The first kappa shape index (κ1) is 17.2. The Labute approximate surface area is 160 Å². The molecule has 2 aromatic carbocycles. The van der Waals surface area contributed by atoms with Gasteiger partial charge in [0.25, 0.3) is 0 Å². The standard InChI is InChI=1S/C19H17ClN4O3/c1-23-6-7-24(19(23)26)11-3-5-13-15(9-11)27-18(16(13)22)17(25)12-4-2-10(21)8-14(12)20/h2-5,8-9H,6-7,21-22H2,1H3. The van der Waals surface area contributed by atoms with Gasteiger partial charge in [0.2, 0.25) is 5.78 Å². The lowest BCUT2D eigenvalue weighted by molar-refractivity contribution is 0.101. The summed E-state index contributed by atoms with van der Waals surface area (Å²) in [5.41, 5.74) is 13.9. The van der Waals surface area contributed by atoms with Crippen molar-refractivity contribution in [3.05, 3.63) is 52.7 Å². The summed E-state index contributed by atoms with van der Waals surface area (Å²) in [6.45, 7) is 1.24. The predicted octanol–water partition coefficient (Wildman–Crippen LogP) is 3.35. The molecule has 7 nitrogen and oxygen atoms in total. The number of hydrogen-bond donors (Lipinski definition) is 2. The van der Waals surface area contributed by atoms with Crippen LogP contribution in [0.1, 0.15) is 16.1 Å².